The molecule has 0 aromatic carbocycles. The maximum atomic E-state index is 10.0. The summed E-state index contributed by atoms with van der Waals surface area (Å²) in [6.45, 7) is 1.36. The van der Waals surface area contributed by atoms with Crippen LogP contribution in [0.1, 0.15) is 13.3 Å². The van der Waals surface area contributed by atoms with Gasteiger partial charge in [-0.1, -0.05) is 0 Å². The Hall–Kier alpha value is -0.570. The number of carbonyl (C=O) groups excluding carboxylic acids is 2. The van der Waals surface area contributed by atoms with Crippen LogP contribution in [0.25, 0.3) is 0 Å². The Morgan fingerprint density at radius 3 is 2.44 bits per heavy atom. The minimum atomic E-state index is -0.490. The van der Waals surface area contributed by atoms with Crippen LogP contribution in [-0.2, 0) is 14.3 Å². The number of carbonyl (C=O) groups is 2. The van der Waals surface area contributed by atoms with Gasteiger partial charge in [0.25, 0.3) is 0 Å². The van der Waals surface area contributed by atoms with E-state index in [0.29, 0.717) is 0 Å². The number of hydrogen-bond acceptors (Lipinski definition) is 3. The van der Waals surface area contributed by atoms with Gasteiger partial charge < -0.3 is 4.74 Å². The Labute approximate surface area is 57.9 Å². The van der Waals surface area contributed by atoms with Gasteiger partial charge in [-0.2, -0.15) is 0 Å². The molecule has 0 aliphatic heterocycles. The smallest absolute Gasteiger partial charge is 0.302 e. The lowest BCUT2D eigenvalue weighted by Crippen LogP contribution is -2.02. The quantitative estimate of drug-likeness (QED) is 0.440. The molecule has 0 atom stereocenters. The second-order valence-electron chi connectivity index (χ2n) is 1.45. The van der Waals surface area contributed by atoms with Gasteiger partial charge in [0.2, 0.25) is 5.24 Å². The van der Waals surface area contributed by atoms with Crippen LogP contribution in [0.4, 0.5) is 0 Å². The number of ether oxygens (including phenoxy) is 1. The van der Waals surface area contributed by atoms with Crippen molar-refractivity contribution in [3.05, 3.63) is 0 Å². The molecule has 0 fully saturated rings. The summed E-state index contributed by atoms with van der Waals surface area (Å²) >= 11 is 4.93. The molecule has 4 heteroatoms. The van der Waals surface area contributed by atoms with Crippen LogP contribution in [0.3, 0.4) is 0 Å². The SMILES string of the molecule is CC(=O)OCCC(=O)Cl. The summed E-state index contributed by atoms with van der Waals surface area (Å²) in [7, 11) is 0. The number of esters is 1. The molecule has 0 amide bonds. The van der Waals surface area contributed by atoms with Crippen LogP contribution in [0.5, 0.6) is 0 Å². The molecule has 3 nitrogen and oxygen atoms in total. The minimum absolute atomic E-state index is 0.0810. The number of halogens is 1. The van der Waals surface area contributed by atoms with Gasteiger partial charge in [-0.3, -0.25) is 9.59 Å². The molecule has 0 rings (SSSR count). The van der Waals surface area contributed by atoms with E-state index in [2.05, 4.69) is 4.74 Å². The lowest BCUT2D eigenvalue weighted by atomic mass is 10.5. The van der Waals surface area contributed by atoms with Crippen molar-refractivity contribution in [2.24, 2.45) is 0 Å². The summed E-state index contributed by atoms with van der Waals surface area (Å²) in [6, 6.07) is 0. The highest BCUT2D eigenvalue weighted by atomic mass is 35.5. The molecule has 0 bridgehead atoms. The van der Waals surface area contributed by atoms with Crippen molar-refractivity contribution in [1.29, 1.82) is 0 Å². The van der Waals surface area contributed by atoms with Crippen molar-refractivity contribution in [2.75, 3.05) is 6.61 Å². The lowest BCUT2D eigenvalue weighted by Gasteiger charge is -1.95. The molecule has 0 heterocycles. The zero-order chi connectivity index (χ0) is 7.28. The fourth-order valence-corrected chi connectivity index (χ4v) is 0.352. The minimum Gasteiger partial charge on any atom is -0.465 e. The third-order valence-electron chi connectivity index (χ3n) is 0.604. The van der Waals surface area contributed by atoms with Crippen molar-refractivity contribution in [3.8, 4) is 0 Å². The summed E-state index contributed by atoms with van der Waals surface area (Å²) in [5.41, 5.74) is 0. The molecule has 0 spiro atoms. The molecule has 0 aliphatic carbocycles. The van der Waals surface area contributed by atoms with Crippen molar-refractivity contribution in [1.82, 2.24) is 0 Å². The molecule has 0 aromatic rings. The first kappa shape index (κ1) is 8.43. The Bertz CT molecular complexity index is 107. The van der Waals surface area contributed by atoms with Crippen LogP contribution >= 0.6 is 11.6 Å². The Morgan fingerprint density at radius 2 is 2.11 bits per heavy atom. The second-order valence-corrected chi connectivity index (χ2v) is 1.87. The van der Waals surface area contributed by atoms with E-state index in [1.165, 1.54) is 6.92 Å². The van der Waals surface area contributed by atoms with Crippen LogP contribution in [0.2, 0.25) is 0 Å². The molecule has 0 N–H and O–H groups in total. The van der Waals surface area contributed by atoms with E-state index in [1.807, 2.05) is 0 Å². The fraction of sp³-hybridized carbons (Fsp3) is 0.600. The maximum Gasteiger partial charge on any atom is 0.302 e. The molecule has 0 aliphatic rings. The summed E-state index contributed by atoms with van der Waals surface area (Å²) in [5.74, 6) is -0.395. The first-order valence-corrected chi connectivity index (χ1v) is 2.82. The largest absolute Gasteiger partial charge is 0.465 e. The van der Waals surface area contributed by atoms with E-state index in [1.54, 1.807) is 0 Å². The van der Waals surface area contributed by atoms with Gasteiger partial charge in [-0.15, -0.1) is 0 Å². The van der Waals surface area contributed by atoms with Gasteiger partial charge in [0.1, 0.15) is 0 Å². The molecule has 9 heavy (non-hydrogen) atoms. The molecule has 52 valence electrons. The Morgan fingerprint density at radius 1 is 1.56 bits per heavy atom. The van der Waals surface area contributed by atoms with Gasteiger partial charge in [0.15, 0.2) is 0 Å². The Balaban J connectivity index is 3.10. The predicted molar refractivity (Wildman–Crippen MR) is 32.1 cm³/mol. The van der Waals surface area contributed by atoms with E-state index in [0.717, 1.165) is 0 Å². The zero-order valence-corrected chi connectivity index (χ0v) is 5.77. The molecular weight excluding hydrogens is 144 g/mol. The third-order valence-corrected chi connectivity index (χ3v) is 0.793. The molecular formula is C5H7ClO3. The third kappa shape index (κ3) is 7.43. The van der Waals surface area contributed by atoms with Crippen molar-refractivity contribution in [2.45, 2.75) is 13.3 Å². The normalized spacial score (nSPS) is 8.67. The number of hydrogen-bond donors (Lipinski definition) is 0. The summed E-state index contributed by atoms with van der Waals surface area (Å²) in [4.78, 5) is 20.0. The van der Waals surface area contributed by atoms with Crippen LogP contribution in [-0.4, -0.2) is 17.8 Å². The second kappa shape index (κ2) is 4.32. The van der Waals surface area contributed by atoms with Gasteiger partial charge >= 0.3 is 5.97 Å². The van der Waals surface area contributed by atoms with Crippen molar-refractivity contribution in [3.63, 3.8) is 0 Å². The summed E-state index contributed by atoms with van der Waals surface area (Å²) in [6.07, 6.45) is 0.0845. The zero-order valence-electron chi connectivity index (χ0n) is 5.02. The monoisotopic (exact) mass is 150 g/mol. The van der Waals surface area contributed by atoms with Crippen LogP contribution < -0.4 is 0 Å². The Kier molecular flexibility index (Phi) is 4.05. The first-order valence-electron chi connectivity index (χ1n) is 2.44. The van der Waals surface area contributed by atoms with E-state index in [4.69, 9.17) is 11.6 Å². The van der Waals surface area contributed by atoms with E-state index < -0.39 is 11.2 Å². The van der Waals surface area contributed by atoms with Gasteiger partial charge in [-0.05, 0) is 11.6 Å². The van der Waals surface area contributed by atoms with Gasteiger partial charge in [0, 0.05) is 6.92 Å². The predicted octanol–water partition coefficient (Wildman–Crippen LogP) is 0.705. The molecule has 0 radical (unpaired) electrons. The summed E-state index contributed by atoms with van der Waals surface area (Å²) in [5, 5.41) is -0.490. The lowest BCUT2D eigenvalue weighted by molar-refractivity contribution is -0.141. The van der Waals surface area contributed by atoms with Crippen LogP contribution in [0, 0.1) is 0 Å². The van der Waals surface area contributed by atoms with Crippen molar-refractivity contribution < 1.29 is 14.3 Å². The average molecular weight is 151 g/mol. The average Bonchev–Trinajstić information content (AvgIpc) is 1.63. The van der Waals surface area contributed by atoms with E-state index in [9.17, 15) is 9.59 Å². The van der Waals surface area contributed by atoms with E-state index >= 15 is 0 Å². The molecule has 0 saturated carbocycles. The van der Waals surface area contributed by atoms with E-state index in [-0.39, 0.29) is 13.0 Å². The fourth-order valence-electron chi connectivity index (χ4n) is 0.275. The number of rotatable bonds is 3. The topological polar surface area (TPSA) is 43.4 Å². The highest BCUT2D eigenvalue weighted by molar-refractivity contribution is 6.63. The standard InChI is InChI=1S/C5H7ClO3/c1-4(7)9-3-2-5(6)8/h2-3H2,1H3. The van der Waals surface area contributed by atoms with Crippen molar-refractivity contribution >= 4 is 22.8 Å². The maximum absolute atomic E-state index is 10.0. The molecule has 0 aromatic heterocycles. The highest BCUT2D eigenvalue weighted by Crippen LogP contribution is 1.88. The molecule has 0 unspecified atom stereocenters. The highest BCUT2D eigenvalue weighted by Gasteiger charge is 1.96. The molecule has 0 saturated heterocycles. The summed E-state index contributed by atoms with van der Waals surface area (Å²) < 4.78 is 4.41. The van der Waals surface area contributed by atoms with Gasteiger partial charge in [0.05, 0.1) is 13.0 Å². The van der Waals surface area contributed by atoms with Crippen LogP contribution in [0.15, 0.2) is 0 Å². The van der Waals surface area contributed by atoms with Gasteiger partial charge in [-0.25, -0.2) is 0 Å². The first-order chi connectivity index (χ1) is 4.13.